The molecule has 0 spiro atoms. The summed E-state index contributed by atoms with van der Waals surface area (Å²) in [6.45, 7) is 0. The van der Waals surface area contributed by atoms with Gasteiger partial charge in [0.2, 0.25) is 0 Å². The van der Waals surface area contributed by atoms with Crippen molar-refractivity contribution >= 4 is 21.8 Å². The first-order valence-electron chi connectivity index (χ1n) is 6.22. The Morgan fingerprint density at radius 2 is 2.10 bits per heavy atom. The highest BCUT2D eigenvalue weighted by Crippen LogP contribution is 2.38. The Balaban J connectivity index is 2.08. The van der Waals surface area contributed by atoms with Crippen molar-refractivity contribution in [3.05, 3.63) is 63.9 Å². The normalized spacial score (nSPS) is 21.1. The molecule has 0 saturated carbocycles. The van der Waals surface area contributed by atoms with E-state index in [-0.39, 0.29) is 5.91 Å². The molecule has 1 N–H and O–H groups in total. The van der Waals surface area contributed by atoms with Crippen molar-refractivity contribution in [3.63, 3.8) is 0 Å². The van der Waals surface area contributed by atoms with E-state index in [2.05, 4.69) is 20.9 Å². The van der Waals surface area contributed by atoms with Gasteiger partial charge in [-0.25, -0.2) is 0 Å². The maximum absolute atomic E-state index is 12.2. The standard InChI is InChI=1S/C15H13BrN2O2/c1-18-14(19)11-6-7-17-9-12(11)15(18,20)8-10-4-2-3-5-13(10)16/h2-7,9,20H,8H2,1H3. The van der Waals surface area contributed by atoms with Gasteiger partial charge in [0.1, 0.15) is 0 Å². The van der Waals surface area contributed by atoms with Gasteiger partial charge in [0.05, 0.1) is 5.56 Å². The predicted molar refractivity (Wildman–Crippen MR) is 78.1 cm³/mol. The number of halogens is 1. The number of rotatable bonds is 2. The second kappa shape index (κ2) is 4.68. The second-order valence-electron chi connectivity index (χ2n) is 4.87. The summed E-state index contributed by atoms with van der Waals surface area (Å²) >= 11 is 3.47. The lowest BCUT2D eigenvalue weighted by Crippen LogP contribution is -2.42. The maximum Gasteiger partial charge on any atom is 0.256 e. The van der Waals surface area contributed by atoms with Crippen LogP contribution in [0.25, 0.3) is 0 Å². The third-order valence-electron chi connectivity index (χ3n) is 3.74. The van der Waals surface area contributed by atoms with Crippen LogP contribution in [0.1, 0.15) is 21.5 Å². The van der Waals surface area contributed by atoms with Gasteiger partial charge >= 0.3 is 0 Å². The molecule has 0 radical (unpaired) electrons. The van der Waals surface area contributed by atoms with Crippen molar-refractivity contribution in [2.24, 2.45) is 0 Å². The summed E-state index contributed by atoms with van der Waals surface area (Å²) in [5, 5.41) is 11.0. The Morgan fingerprint density at radius 3 is 2.85 bits per heavy atom. The minimum atomic E-state index is -1.36. The summed E-state index contributed by atoms with van der Waals surface area (Å²) in [5.41, 5.74) is 0.650. The van der Waals surface area contributed by atoms with Crippen LogP contribution < -0.4 is 0 Å². The summed E-state index contributed by atoms with van der Waals surface area (Å²) in [4.78, 5) is 17.6. The second-order valence-corrected chi connectivity index (χ2v) is 5.72. The molecule has 0 bridgehead atoms. The first kappa shape index (κ1) is 13.3. The Morgan fingerprint density at radius 1 is 1.35 bits per heavy atom. The molecule has 2 heterocycles. The van der Waals surface area contributed by atoms with E-state index in [4.69, 9.17) is 0 Å². The molecule has 1 amide bonds. The van der Waals surface area contributed by atoms with E-state index in [9.17, 15) is 9.90 Å². The number of pyridine rings is 1. The lowest BCUT2D eigenvalue weighted by atomic mass is 9.96. The van der Waals surface area contributed by atoms with Crippen molar-refractivity contribution in [3.8, 4) is 0 Å². The molecule has 20 heavy (non-hydrogen) atoms. The topological polar surface area (TPSA) is 53.4 Å². The van der Waals surface area contributed by atoms with Gasteiger partial charge in [-0.2, -0.15) is 0 Å². The fourth-order valence-corrected chi connectivity index (χ4v) is 2.98. The monoisotopic (exact) mass is 332 g/mol. The van der Waals surface area contributed by atoms with E-state index < -0.39 is 5.72 Å². The minimum absolute atomic E-state index is 0.183. The number of likely N-dealkylation sites (N-methyl/N-ethyl adjacent to an activating group) is 1. The van der Waals surface area contributed by atoms with Crippen LogP contribution >= 0.6 is 15.9 Å². The molecular formula is C15H13BrN2O2. The average molecular weight is 333 g/mol. The summed E-state index contributed by atoms with van der Waals surface area (Å²) < 4.78 is 0.909. The van der Waals surface area contributed by atoms with E-state index in [0.717, 1.165) is 10.0 Å². The van der Waals surface area contributed by atoms with Gasteiger partial charge in [0.25, 0.3) is 5.91 Å². The van der Waals surface area contributed by atoms with Crippen LogP contribution in [-0.2, 0) is 12.1 Å². The lowest BCUT2D eigenvalue weighted by molar-refractivity contribution is -0.0718. The van der Waals surface area contributed by atoms with Gasteiger partial charge in [-0.3, -0.25) is 9.78 Å². The summed E-state index contributed by atoms with van der Waals surface area (Å²) in [6.07, 6.45) is 3.44. The zero-order chi connectivity index (χ0) is 14.3. The summed E-state index contributed by atoms with van der Waals surface area (Å²) in [7, 11) is 1.61. The van der Waals surface area contributed by atoms with Crippen molar-refractivity contribution in [1.82, 2.24) is 9.88 Å². The van der Waals surface area contributed by atoms with Crippen LogP contribution in [0.5, 0.6) is 0 Å². The van der Waals surface area contributed by atoms with E-state index in [1.165, 1.54) is 4.90 Å². The zero-order valence-electron chi connectivity index (χ0n) is 10.9. The van der Waals surface area contributed by atoms with Crippen LogP contribution in [0, 0.1) is 0 Å². The first-order chi connectivity index (χ1) is 9.54. The molecule has 102 valence electrons. The Bertz CT molecular complexity index is 689. The fourth-order valence-electron chi connectivity index (χ4n) is 2.55. The van der Waals surface area contributed by atoms with E-state index in [0.29, 0.717) is 17.5 Å². The third kappa shape index (κ3) is 1.85. The van der Waals surface area contributed by atoms with Gasteiger partial charge < -0.3 is 10.0 Å². The summed E-state index contributed by atoms with van der Waals surface area (Å²) in [5.74, 6) is -0.183. The highest BCUT2D eigenvalue weighted by Gasteiger charge is 2.46. The number of amides is 1. The lowest BCUT2D eigenvalue weighted by Gasteiger charge is -2.31. The molecule has 1 aliphatic rings. The number of benzene rings is 1. The van der Waals surface area contributed by atoms with E-state index in [1.807, 2.05) is 24.3 Å². The number of carbonyl (C=O) groups is 1. The van der Waals surface area contributed by atoms with Crippen LogP contribution in [-0.4, -0.2) is 27.9 Å². The molecule has 0 fully saturated rings. The minimum Gasteiger partial charge on any atom is -0.366 e. The predicted octanol–water partition coefficient (Wildman–Crippen LogP) is 2.32. The molecule has 1 aromatic carbocycles. The van der Waals surface area contributed by atoms with Crippen molar-refractivity contribution in [1.29, 1.82) is 0 Å². The SMILES string of the molecule is CN1C(=O)c2ccncc2C1(O)Cc1ccccc1Br. The van der Waals surface area contributed by atoms with Gasteiger partial charge in [0, 0.05) is 35.9 Å². The zero-order valence-corrected chi connectivity index (χ0v) is 12.5. The quantitative estimate of drug-likeness (QED) is 0.918. The van der Waals surface area contributed by atoms with Gasteiger partial charge in [0.15, 0.2) is 5.72 Å². The van der Waals surface area contributed by atoms with Crippen LogP contribution in [0.15, 0.2) is 47.2 Å². The fraction of sp³-hybridized carbons (Fsp3) is 0.200. The molecule has 1 atom stereocenters. The number of aliphatic hydroxyl groups is 1. The number of hydrogen-bond donors (Lipinski definition) is 1. The highest BCUT2D eigenvalue weighted by atomic mass is 79.9. The molecule has 1 aromatic heterocycles. The molecule has 1 aliphatic heterocycles. The van der Waals surface area contributed by atoms with Gasteiger partial charge in [-0.15, -0.1) is 0 Å². The van der Waals surface area contributed by atoms with Gasteiger partial charge in [-0.05, 0) is 17.7 Å². The Hall–Kier alpha value is -1.72. The molecule has 2 aromatic rings. The first-order valence-corrected chi connectivity index (χ1v) is 7.02. The number of fused-ring (bicyclic) bond motifs is 1. The third-order valence-corrected chi connectivity index (χ3v) is 4.51. The smallest absolute Gasteiger partial charge is 0.256 e. The molecule has 0 aliphatic carbocycles. The average Bonchev–Trinajstić information content (AvgIpc) is 2.65. The molecule has 5 heteroatoms. The van der Waals surface area contributed by atoms with E-state index >= 15 is 0 Å². The van der Waals surface area contributed by atoms with Crippen molar-refractivity contribution in [2.45, 2.75) is 12.1 Å². The number of hydrogen-bond acceptors (Lipinski definition) is 3. The van der Waals surface area contributed by atoms with Gasteiger partial charge in [-0.1, -0.05) is 34.1 Å². The molecule has 0 saturated heterocycles. The largest absolute Gasteiger partial charge is 0.366 e. The van der Waals surface area contributed by atoms with Crippen LogP contribution in [0.2, 0.25) is 0 Å². The molecular weight excluding hydrogens is 320 g/mol. The number of carbonyl (C=O) groups excluding carboxylic acids is 1. The van der Waals surface area contributed by atoms with Crippen molar-refractivity contribution < 1.29 is 9.90 Å². The number of aromatic nitrogens is 1. The maximum atomic E-state index is 12.2. The Kier molecular flexibility index (Phi) is 3.11. The molecule has 3 rings (SSSR count). The molecule has 4 nitrogen and oxygen atoms in total. The summed E-state index contributed by atoms with van der Waals surface area (Å²) in [6, 6.07) is 9.31. The van der Waals surface area contributed by atoms with Crippen LogP contribution in [0.3, 0.4) is 0 Å². The van der Waals surface area contributed by atoms with E-state index in [1.54, 1.807) is 25.5 Å². The van der Waals surface area contributed by atoms with Crippen LogP contribution in [0.4, 0.5) is 0 Å². The van der Waals surface area contributed by atoms with Crippen molar-refractivity contribution in [2.75, 3.05) is 7.05 Å². The Labute approximate surface area is 125 Å². The highest BCUT2D eigenvalue weighted by molar-refractivity contribution is 9.10. The molecule has 1 unspecified atom stereocenters. The number of nitrogens with zero attached hydrogens (tertiary/aromatic N) is 2.